The fourth-order valence-electron chi connectivity index (χ4n) is 2.63. The Morgan fingerprint density at radius 3 is 2.94 bits per heavy atom. The van der Waals surface area contributed by atoms with E-state index in [0.29, 0.717) is 5.92 Å². The first-order valence-corrected chi connectivity index (χ1v) is 6.13. The molecule has 0 amide bonds. The molecule has 0 spiro atoms. The molecule has 0 aromatic carbocycles. The maximum absolute atomic E-state index is 11.0. The van der Waals surface area contributed by atoms with Gasteiger partial charge in [0.2, 0.25) is 0 Å². The lowest BCUT2D eigenvalue weighted by molar-refractivity contribution is 0.442. The molecule has 0 radical (unpaired) electrons. The van der Waals surface area contributed by atoms with Gasteiger partial charge in [-0.2, -0.15) is 0 Å². The van der Waals surface area contributed by atoms with Crippen molar-refractivity contribution in [1.29, 1.82) is 0 Å². The minimum atomic E-state index is -0.0896. The summed E-state index contributed by atoms with van der Waals surface area (Å²) in [4.78, 5) is 16.5. The van der Waals surface area contributed by atoms with Crippen LogP contribution in [0.15, 0.2) is 22.1 Å². The van der Waals surface area contributed by atoms with Crippen LogP contribution >= 0.6 is 0 Å². The van der Waals surface area contributed by atoms with E-state index in [1.807, 2.05) is 0 Å². The van der Waals surface area contributed by atoms with E-state index in [4.69, 9.17) is 0 Å². The van der Waals surface area contributed by atoms with Crippen LogP contribution in [-0.2, 0) is 6.42 Å². The van der Waals surface area contributed by atoms with E-state index in [9.17, 15) is 4.79 Å². The Kier molecular flexibility index (Phi) is 3.32. The van der Waals surface area contributed by atoms with Crippen molar-refractivity contribution in [2.24, 2.45) is 5.92 Å². The zero-order valence-corrected chi connectivity index (χ0v) is 10.1. The summed E-state index contributed by atoms with van der Waals surface area (Å²) in [7, 11) is 0. The van der Waals surface area contributed by atoms with Crippen LogP contribution in [0.5, 0.6) is 0 Å². The Morgan fingerprint density at radius 1 is 1.50 bits per heavy atom. The topological polar surface area (TPSA) is 48.6 Å². The van der Waals surface area contributed by atoms with Gasteiger partial charge in [0.15, 0.2) is 0 Å². The highest BCUT2D eigenvalue weighted by atomic mass is 16.1. The number of imidazole rings is 1. The molecule has 0 aliphatic heterocycles. The molecule has 0 fully saturated rings. The minimum Gasteiger partial charge on any atom is -0.313 e. The predicted molar refractivity (Wildman–Crippen MR) is 65.4 cm³/mol. The zero-order valence-electron chi connectivity index (χ0n) is 10.1. The molecule has 16 heavy (non-hydrogen) atoms. The maximum atomic E-state index is 11.0. The first kappa shape index (κ1) is 11.2. The molecule has 1 unspecified atom stereocenters. The molecular weight excluding hydrogens is 200 g/mol. The van der Waals surface area contributed by atoms with Crippen molar-refractivity contribution in [3.05, 3.63) is 33.5 Å². The molecular formula is C13H20N2O. The highest BCUT2D eigenvalue weighted by Crippen LogP contribution is 2.32. The summed E-state index contributed by atoms with van der Waals surface area (Å²) in [6, 6.07) is 0. The number of nitrogens with one attached hydrogen (secondary N) is 2. The second-order valence-electron chi connectivity index (χ2n) is 4.82. The third-order valence-corrected chi connectivity index (χ3v) is 3.65. The normalized spacial score (nSPS) is 21.5. The number of rotatable bonds is 3. The molecule has 1 atom stereocenters. The van der Waals surface area contributed by atoms with Crippen molar-refractivity contribution in [3.63, 3.8) is 0 Å². The second kappa shape index (κ2) is 4.73. The molecule has 0 saturated heterocycles. The van der Waals surface area contributed by atoms with E-state index in [1.54, 1.807) is 17.3 Å². The summed E-state index contributed by atoms with van der Waals surface area (Å²) >= 11 is 0. The first-order chi connectivity index (χ1) is 7.69. The van der Waals surface area contributed by atoms with Crippen molar-refractivity contribution < 1.29 is 0 Å². The Hall–Kier alpha value is -1.25. The van der Waals surface area contributed by atoms with Gasteiger partial charge in [0.25, 0.3) is 0 Å². The predicted octanol–water partition coefficient (Wildman–Crippen LogP) is 2.77. The third-order valence-electron chi connectivity index (χ3n) is 3.65. The van der Waals surface area contributed by atoms with Crippen LogP contribution in [0, 0.1) is 5.92 Å². The molecule has 1 aliphatic carbocycles. The average Bonchev–Trinajstić information content (AvgIpc) is 2.67. The van der Waals surface area contributed by atoms with Crippen LogP contribution in [0.25, 0.3) is 0 Å². The molecule has 1 aliphatic rings. The van der Waals surface area contributed by atoms with E-state index in [2.05, 4.69) is 23.8 Å². The van der Waals surface area contributed by atoms with Gasteiger partial charge in [-0.05, 0) is 44.9 Å². The van der Waals surface area contributed by atoms with E-state index < -0.39 is 0 Å². The SMILES string of the molecule is CCC1=C(C)CCC(Cc2c[nH]c(=O)[nH]2)C1. The molecule has 1 aromatic heterocycles. The van der Waals surface area contributed by atoms with E-state index in [-0.39, 0.29) is 5.69 Å². The van der Waals surface area contributed by atoms with Gasteiger partial charge >= 0.3 is 5.69 Å². The van der Waals surface area contributed by atoms with E-state index in [1.165, 1.54) is 25.7 Å². The van der Waals surface area contributed by atoms with Crippen LogP contribution in [0.1, 0.15) is 45.2 Å². The van der Waals surface area contributed by atoms with Crippen molar-refractivity contribution in [2.45, 2.75) is 46.0 Å². The lowest BCUT2D eigenvalue weighted by Crippen LogP contribution is -2.13. The molecule has 2 rings (SSSR count). The van der Waals surface area contributed by atoms with Gasteiger partial charge in [0.05, 0.1) is 0 Å². The third kappa shape index (κ3) is 2.46. The van der Waals surface area contributed by atoms with Crippen LogP contribution in [-0.4, -0.2) is 9.97 Å². The van der Waals surface area contributed by atoms with Gasteiger partial charge in [0, 0.05) is 11.9 Å². The summed E-state index contributed by atoms with van der Waals surface area (Å²) in [6.45, 7) is 4.49. The van der Waals surface area contributed by atoms with Crippen LogP contribution in [0.3, 0.4) is 0 Å². The van der Waals surface area contributed by atoms with E-state index in [0.717, 1.165) is 12.1 Å². The van der Waals surface area contributed by atoms with Crippen molar-refractivity contribution in [3.8, 4) is 0 Å². The first-order valence-electron chi connectivity index (χ1n) is 6.13. The van der Waals surface area contributed by atoms with Crippen LogP contribution < -0.4 is 5.69 Å². The molecule has 1 heterocycles. The van der Waals surface area contributed by atoms with E-state index >= 15 is 0 Å². The van der Waals surface area contributed by atoms with Gasteiger partial charge in [-0.3, -0.25) is 0 Å². The van der Waals surface area contributed by atoms with Crippen molar-refractivity contribution >= 4 is 0 Å². The summed E-state index contributed by atoms with van der Waals surface area (Å²) in [6.07, 6.45) is 7.65. The molecule has 88 valence electrons. The fraction of sp³-hybridized carbons (Fsp3) is 0.615. The number of allylic oxidation sites excluding steroid dienone is 2. The van der Waals surface area contributed by atoms with Crippen LogP contribution in [0.4, 0.5) is 0 Å². The monoisotopic (exact) mass is 220 g/mol. The zero-order chi connectivity index (χ0) is 11.5. The maximum Gasteiger partial charge on any atom is 0.323 e. The van der Waals surface area contributed by atoms with Crippen molar-refractivity contribution in [2.75, 3.05) is 0 Å². The molecule has 3 nitrogen and oxygen atoms in total. The molecule has 1 aromatic rings. The summed E-state index contributed by atoms with van der Waals surface area (Å²) in [5.74, 6) is 0.699. The van der Waals surface area contributed by atoms with Crippen LogP contribution in [0.2, 0.25) is 0 Å². The molecule has 3 heteroatoms. The number of hydrogen-bond acceptors (Lipinski definition) is 1. The standard InChI is InChI=1S/C13H20N2O/c1-3-11-6-10(5-4-9(11)2)7-12-8-14-13(16)15-12/h8,10H,3-7H2,1-2H3,(H2,14,15,16). The number of aromatic amines is 2. The molecule has 2 N–H and O–H groups in total. The van der Waals surface area contributed by atoms with Gasteiger partial charge in [-0.1, -0.05) is 18.1 Å². The van der Waals surface area contributed by atoms with Gasteiger partial charge < -0.3 is 9.97 Å². The highest BCUT2D eigenvalue weighted by molar-refractivity contribution is 5.16. The quantitative estimate of drug-likeness (QED) is 0.756. The number of H-pyrrole nitrogens is 2. The van der Waals surface area contributed by atoms with Gasteiger partial charge in [-0.25, -0.2) is 4.79 Å². The molecule has 0 bridgehead atoms. The minimum absolute atomic E-state index is 0.0896. The largest absolute Gasteiger partial charge is 0.323 e. The van der Waals surface area contributed by atoms with Crippen molar-refractivity contribution in [1.82, 2.24) is 9.97 Å². The lowest BCUT2D eigenvalue weighted by Gasteiger charge is -2.25. The fourth-order valence-corrected chi connectivity index (χ4v) is 2.63. The number of aromatic nitrogens is 2. The summed E-state index contributed by atoms with van der Waals surface area (Å²) in [5, 5.41) is 0. The Bertz CT molecular complexity index is 439. The van der Waals surface area contributed by atoms with Gasteiger partial charge in [0.1, 0.15) is 0 Å². The highest BCUT2D eigenvalue weighted by Gasteiger charge is 2.18. The number of hydrogen-bond donors (Lipinski definition) is 2. The van der Waals surface area contributed by atoms with Gasteiger partial charge in [-0.15, -0.1) is 0 Å². The summed E-state index contributed by atoms with van der Waals surface area (Å²) in [5.41, 5.74) is 4.16. The smallest absolute Gasteiger partial charge is 0.313 e. The molecule has 0 saturated carbocycles. The Morgan fingerprint density at radius 2 is 2.31 bits per heavy atom. The Balaban J connectivity index is 2.01. The summed E-state index contributed by atoms with van der Waals surface area (Å²) < 4.78 is 0. The second-order valence-corrected chi connectivity index (χ2v) is 4.82. The average molecular weight is 220 g/mol. The Labute approximate surface area is 96.0 Å². The lowest BCUT2D eigenvalue weighted by atomic mass is 9.81.